The molecule has 0 aliphatic heterocycles. The van der Waals surface area contributed by atoms with Crippen LogP contribution in [-0.2, 0) is 9.53 Å². The number of allylic oxidation sites excluding steroid dienone is 1. The fourth-order valence-electron chi connectivity index (χ4n) is 0.429. The van der Waals surface area contributed by atoms with Gasteiger partial charge in [-0.05, 0) is 25.3 Å². The third-order valence-electron chi connectivity index (χ3n) is 0.669. The molecule has 0 radical (unpaired) electrons. The van der Waals surface area contributed by atoms with E-state index < -0.39 is 0 Å². The summed E-state index contributed by atoms with van der Waals surface area (Å²) in [5, 5.41) is 0. The molecule has 0 saturated heterocycles. The van der Waals surface area contributed by atoms with Crippen molar-refractivity contribution in [1.82, 2.24) is 0 Å². The van der Waals surface area contributed by atoms with Gasteiger partial charge in [-0.1, -0.05) is 15.9 Å². The fraction of sp³-hybridized carbons (Fsp3) is 0.571. The molecule has 0 atom stereocenters. The van der Waals surface area contributed by atoms with Gasteiger partial charge in [0.05, 0.1) is 6.10 Å². The summed E-state index contributed by atoms with van der Waals surface area (Å²) in [4.78, 5) is 10.7. The molecular weight excluding hydrogens is 196 g/mol. The maximum atomic E-state index is 10.7. The smallest absolute Gasteiger partial charge is 0.331 e. The first-order valence-electron chi connectivity index (χ1n) is 3.06. The van der Waals surface area contributed by atoms with Gasteiger partial charge in [-0.25, -0.2) is 4.79 Å². The summed E-state index contributed by atoms with van der Waals surface area (Å²) in [5.74, 6) is -0.302. The number of esters is 1. The van der Waals surface area contributed by atoms with Crippen molar-refractivity contribution in [1.29, 1.82) is 0 Å². The normalized spacial score (nSPS) is 11.9. The molecule has 0 saturated carbocycles. The molecule has 0 aromatic heterocycles. The van der Waals surface area contributed by atoms with Gasteiger partial charge in [-0.3, -0.25) is 0 Å². The zero-order valence-corrected chi connectivity index (χ0v) is 7.94. The standard InChI is InChI=1S/C7H11BrO2/c1-5(2)10-7(9)4-6(3)8/h4-5H,1-3H3. The van der Waals surface area contributed by atoms with Gasteiger partial charge in [0.2, 0.25) is 0 Å². The minimum Gasteiger partial charge on any atom is -0.460 e. The van der Waals surface area contributed by atoms with Gasteiger partial charge in [0, 0.05) is 6.08 Å². The van der Waals surface area contributed by atoms with Gasteiger partial charge >= 0.3 is 5.97 Å². The summed E-state index contributed by atoms with van der Waals surface area (Å²) in [5.41, 5.74) is 0. The summed E-state index contributed by atoms with van der Waals surface area (Å²) in [7, 11) is 0. The van der Waals surface area contributed by atoms with E-state index in [1.807, 2.05) is 13.8 Å². The Morgan fingerprint density at radius 2 is 2.10 bits per heavy atom. The number of carbonyl (C=O) groups excluding carboxylic acids is 1. The highest BCUT2D eigenvalue weighted by molar-refractivity contribution is 9.11. The highest BCUT2D eigenvalue weighted by atomic mass is 79.9. The Morgan fingerprint density at radius 3 is 2.40 bits per heavy atom. The van der Waals surface area contributed by atoms with Crippen molar-refractivity contribution < 1.29 is 9.53 Å². The molecule has 3 heteroatoms. The molecule has 0 aliphatic carbocycles. The van der Waals surface area contributed by atoms with Crippen LogP contribution in [-0.4, -0.2) is 12.1 Å². The van der Waals surface area contributed by atoms with Gasteiger partial charge in [-0.2, -0.15) is 0 Å². The van der Waals surface area contributed by atoms with E-state index in [1.165, 1.54) is 6.08 Å². The highest BCUT2D eigenvalue weighted by Crippen LogP contribution is 2.02. The Kier molecular flexibility index (Phi) is 4.36. The molecular formula is C7H11BrO2. The van der Waals surface area contributed by atoms with E-state index >= 15 is 0 Å². The van der Waals surface area contributed by atoms with Gasteiger partial charge in [0.1, 0.15) is 0 Å². The van der Waals surface area contributed by atoms with Crippen LogP contribution in [0.15, 0.2) is 10.6 Å². The Hall–Kier alpha value is -0.310. The molecule has 0 spiro atoms. The molecule has 0 amide bonds. The third-order valence-corrected chi connectivity index (χ3v) is 0.898. The summed E-state index contributed by atoms with van der Waals surface area (Å²) in [6, 6.07) is 0. The molecule has 0 rings (SSSR count). The average molecular weight is 207 g/mol. The molecule has 58 valence electrons. The van der Waals surface area contributed by atoms with Gasteiger partial charge in [-0.15, -0.1) is 0 Å². The van der Waals surface area contributed by atoms with E-state index in [4.69, 9.17) is 4.74 Å². The Labute approximate surface area is 69.4 Å². The SMILES string of the molecule is CC(Br)=CC(=O)OC(C)C. The molecule has 0 aliphatic rings. The van der Waals surface area contributed by atoms with Crippen LogP contribution in [0.25, 0.3) is 0 Å². The van der Waals surface area contributed by atoms with Crippen LogP contribution in [0.4, 0.5) is 0 Å². The van der Waals surface area contributed by atoms with Gasteiger partial charge in [0.15, 0.2) is 0 Å². The van der Waals surface area contributed by atoms with E-state index in [0.29, 0.717) is 0 Å². The van der Waals surface area contributed by atoms with Crippen molar-refractivity contribution in [3.63, 3.8) is 0 Å². The Bertz CT molecular complexity index is 146. The second kappa shape index (κ2) is 4.50. The lowest BCUT2D eigenvalue weighted by atomic mass is 10.4. The van der Waals surface area contributed by atoms with Crippen molar-refractivity contribution in [2.45, 2.75) is 26.9 Å². The topological polar surface area (TPSA) is 26.3 Å². The van der Waals surface area contributed by atoms with Crippen LogP contribution in [0.1, 0.15) is 20.8 Å². The minimum atomic E-state index is -0.302. The van der Waals surface area contributed by atoms with Crippen molar-refractivity contribution >= 4 is 21.9 Å². The molecule has 10 heavy (non-hydrogen) atoms. The van der Waals surface area contributed by atoms with Crippen molar-refractivity contribution in [3.05, 3.63) is 10.6 Å². The second-order valence-corrected chi connectivity index (χ2v) is 3.47. The fourth-order valence-corrected chi connectivity index (χ4v) is 0.616. The molecule has 0 bridgehead atoms. The van der Waals surface area contributed by atoms with Gasteiger partial charge < -0.3 is 4.74 Å². The van der Waals surface area contributed by atoms with Gasteiger partial charge in [0.25, 0.3) is 0 Å². The number of ether oxygens (including phenoxy) is 1. The first-order valence-corrected chi connectivity index (χ1v) is 3.86. The van der Waals surface area contributed by atoms with Crippen molar-refractivity contribution in [2.75, 3.05) is 0 Å². The lowest BCUT2D eigenvalue weighted by molar-refractivity contribution is -0.141. The molecule has 0 aromatic carbocycles. The lowest BCUT2D eigenvalue weighted by Crippen LogP contribution is -2.08. The van der Waals surface area contributed by atoms with Crippen LogP contribution in [0.3, 0.4) is 0 Å². The van der Waals surface area contributed by atoms with Crippen molar-refractivity contribution in [3.8, 4) is 0 Å². The molecule has 0 heterocycles. The van der Waals surface area contributed by atoms with E-state index in [-0.39, 0.29) is 12.1 Å². The van der Waals surface area contributed by atoms with E-state index in [9.17, 15) is 4.79 Å². The maximum Gasteiger partial charge on any atom is 0.331 e. The quantitative estimate of drug-likeness (QED) is 0.512. The van der Waals surface area contributed by atoms with Crippen LogP contribution >= 0.6 is 15.9 Å². The van der Waals surface area contributed by atoms with Crippen LogP contribution in [0.5, 0.6) is 0 Å². The third kappa shape index (κ3) is 5.82. The van der Waals surface area contributed by atoms with Crippen LogP contribution in [0, 0.1) is 0 Å². The average Bonchev–Trinajstić information content (AvgIpc) is 1.58. The zero-order valence-electron chi connectivity index (χ0n) is 6.35. The Balaban J connectivity index is 3.76. The monoisotopic (exact) mass is 206 g/mol. The molecule has 0 unspecified atom stereocenters. The number of rotatable bonds is 2. The van der Waals surface area contributed by atoms with E-state index in [1.54, 1.807) is 6.92 Å². The van der Waals surface area contributed by atoms with E-state index in [0.717, 1.165) is 4.48 Å². The maximum absolute atomic E-state index is 10.7. The number of hydrogen-bond donors (Lipinski definition) is 0. The molecule has 0 aromatic rings. The molecule has 2 nitrogen and oxygen atoms in total. The predicted octanol–water partition coefficient (Wildman–Crippen LogP) is 2.24. The summed E-state index contributed by atoms with van der Waals surface area (Å²) >= 11 is 3.13. The number of hydrogen-bond acceptors (Lipinski definition) is 2. The highest BCUT2D eigenvalue weighted by Gasteiger charge is 1.99. The number of carbonyl (C=O) groups is 1. The number of halogens is 1. The second-order valence-electron chi connectivity index (χ2n) is 2.22. The molecule has 0 N–H and O–H groups in total. The van der Waals surface area contributed by atoms with Crippen LogP contribution < -0.4 is 0 Å². The van der Waals surface area contributed by atoms with Crippen LogP contribution in [0.2, 0.25) is 0 Å². The predicted molar refractivity (Wildman–Crippen MR) is 43.9 cm³/mol. The van der Waals surface area contributed by atoms with Crippen molar-refractivity contribution in [2.24, 2.45) is 0 Å². The first-order chi connectivity index (χ1) is 4.52. The molecule has 0 fully saturated rings. The summed E-state index contributed by atoms with van der Waals surface area (Å²) in [6.45, 7) is 5.41. The largest absolute Gasteiger partial charge is 0.460 e. The lowest BCUT2D eigenvalue weighted by Gasteiger charge is -2.03. The first kappa shape index (κ1) is 9.69. The minimum absolute atomic E-state index is 0.0457. The summed E-state index contributed by atoms with van der Waals surface area (Å²) < 4.78 is 5.59. The summed E-state index contributed by atoms with van der Waals surface area (Å²) in [6.07, 6.45) is 1.36. The Morgan fingerprint density at radius 1 is 1.60 bits per heavy atom. The zero-order chi connectivity index (χ0) is 8.15. The van der Waals surface area contributed by atoms with E-state index in [2.05, 4.69) is 15.9 Å².